The number of ether oxygens (including phenoxy) is 3. The Morgan fingerprint density at radius 3 is 2.25 bits per heavy atom. The number of hydrogen-bond donors (Lipinski definition) is 1. The van der Waals surface area contributed by atoms with Gasteiger partial charge in [0.25, 0.3) is 0 Å². The third-order valence-corrected chi connectivity index (χ3v) is 14.9. The van der Waals surface area contributed by atoms with Gasteiger partial charge in [0.15, 0.2) is 0 Å². The summed E-state index contributed by atoms with van der Waals surface area (Å²) in [6, 6.07) is 8.50. The molecular weight excluding hydrogens is 672 g/mol. The van der Waals surface area contributed by atoms with Gasteiger partial charge in [-0.3, -0.25) is 4.79 Å². The highest BCUT2D eigenvalue weighted by atomic mass is 35.5. The summed E-state index contributed by atoms with van der Waals surface area (Å²) in [7, 11) is 0. The van der Waals surface area contributed by atoms with Gasteiger partial charge in [-0.15, -0.1) is 0 Å². The third-order valence-electron chi connectivity index (χ3n) is 14.6. The van der Waals surface area contributed by atoms with Crippen molar-refractivity contribution in [1.29, 1.82) is 0 Å². The van der Waals surface area contributed by atoms with Crippen LogP contribution in [0, 0.1) is 45.3 Å². The molecule has 1 unspecified atom stereocenters. The smallest absolute Gasteiger partial charge is 0.336 e. The standard InChI is InChI=1S/C45H65ClO6/c1-27(2)14-13-15-32(39(48)50-26-51-40(49)41(6,7)8)37-33-24-34(47)38-42(9)22-20-29(5)45(12,30-16-18-31(46)19-17-30)36(42)21-23-43(38,10)44(33,11)25-35(37)52-28(3)4/h14,16-19,29,33-36,38,47H,3,13,15,20-26H2,1-2,4-12H3/b37-32-/t29-,33+,34-,35?,36+,38+,42+,43+,44+,45-/m1/s1. The molecule has 0 bridgehead atoms. The average molecular weight is 737 g/mol. The van der Waals surface area contributed by atoms with E-state index in [2.05, 4.69) is 73.3 Å². The molecule has 4 saturated carbocycles. The largest absolute Gasteiger partial charge is 0.491 e. The minimum Gasteiger partial charge on any atom is -0.491 e. The molecule has 0 spiro atoms. The molecule has 0 radical (unpaired) electrons. The number of fused-ring (bicyclic) bond motifs is 5. The van der Waals surface area contributed by atoms with Crippen LogP contribution < -0.4 is 0 Å². The van der Waals surface area contributed by atoms with E-state index < -0.39 is 30.3 Å². The predicted octanol–water partition coefficient (Wildman–Crippen LogP) is 10.9. The first kappa shape index (κ1) is 40.6. The van der Waals surface area contributed by atoms with Gasteiger partial charge in [-0.2, -0.15) is 0 Å². The summed E-state index contributed by atoms with van der Waals surface area (Å²) in [5.74, 6) is 0.536. The summed E-state index contributed by atoms with van der Waals surface area (Å²) < 4.78 is 17.7. The zero-order valence-corrected chi connectivity index (χ0v) is 34.5. The summed E-state index contributed by atoms with van der Waals surface area (Å²) >= 11 is 6.38. The minimum atomic E-state index is -0.715. The fourth-order valence-corrected chi connectivity index (χ4v) is 11.9. The number of aliphatic hydroxyl groups is 1. The van der Waals surface area contributed by atoms with Crippen molar-refractivity contribution in [2.45, 2.75) is 145 Å². The van der Waals surface area contributed by atoms with Crippen molar-refractivity contribution in [3.8, 4) is 0 Å². The normalized spacial score (nSPS) is 37.9. The van der Waals surface area contributed by atoms with E-state index >= 15 is 0 Å². The highest BCUT2D eigenvalue weighted by Gasteiger charge is 2.72. The first-order chi connectivity index (χ1) is 24.1. The van der Waals surface area contributed by atoms with Crippen LogP contribution in [-0.2, 0) is 29.2 Å². The molecule has 0 heterocycles. The number of aliphatic hydroxyl groups excluding tert-OH is 1. The predicted molar refractivity (Wildman–Crippen MR) is 208 cm³/mol. The summed E-state index contributed by atoms with van der Waals surface area (Å²) in [6.07, 6.45) is 7.80. The molecule has 0 amide bonds. The molecule has 288 valence electrons. The highest BCUT2D eigenvalue weighted by molar-refractivity contribution is 6.30. The van der Waals surface area contributed by atoms with Crippen molar-refractivity contribution in [2.75, 3.05) is 6.79 Å². The first-order valence-corrected chi connectivity index (χ1v) is 20.0. The van der Waals surface area contributed by atoms with E-state index in [0.29, 0.717) is 42.4 Å². The van der Waals surface area contributed by atoms with Crippen LogP contribution >= 0.6 is 11.6 Å². The summed E-state index contributed by atoms with van der Waals surface area (Å²) in [5, 5.41) is 13.4. The van der Waals surface area contributed by atoms with Crippen LogP contribution in [0.3, 0.4) is 0 Å². The molecule has 6 nitrogen and oxygen atoms in total. The Morgan fingerprint density at radius 1 is 1.00 bits per heavy atom. The molecule has 4 aliphatic rings. The van der Waals surface area contributed by atoms with Crippen molar-refractivity contribution in [3.05, 3.63) is 70.0 Å². The monoisotopic (exact) mass is 736 g/mol. The molecule has 0 aromatic heterocycles. The lowest BCUT2D eigenvalue weighted by molar-refractivity contribution is -0.233. The number of benzene rings is 1. The van der Waals surface area contributed by atoms with E-state index in [0.717, 1.165) is 42.7 Å². The van der Waals surface area contributed by atoms with Gasteiger partial charge in [-0.25, -0.2) is 4.79 Å². The number of allylic oxidation sites excluding steroid dienone is 3. The van der Waals surface area contributed by atoms with Crippen LogP contribution in [0.1, 0.15) is 133 Å². The second-order valence-electron chi connectivity index (χ2n) is 19.0. The molecular formula is C45H65ClO6. The summed E-state index contributed by atoms with van der Waals surface area (Å²) in [6.45, 7) is 27.1. The fourth-order valence-electron chi connectivity index (χ4n) is 11.8. The summed E-state index contributed by atoms with van der Waals surface area (Å²) in [4.78, 5) is 26.7. The SMILES string of the molecule is C=C(C)OC1C[C@@]2(C)[C@@H](C[C@@H](O)[C@H]3[C@@]4(C)CC[C@@H](C)[C@](C)(c5ccc(Cl)cc5)[C@H]4CC[C@@]32C)/C1=C(\CCC=C(C)C)C(=O)OCOC(=O)C(C)(C)C. The third kappa shape index (κ3) is 6.93. The van der Waals surface area contributed by atoms with Crippen LogP contribution in [0.25, 0.3) is 0 Å². The van der Waals surface area contributed by atoms with Crippen LogP contribution in [0.5, 0.6) is 0 Å². The van der Waals surface area contributed by atoms with Crippen LogP contribution in [0.2, 0.25) is 5.02 Å². The molecule has 0 saturated heterocycles. The van der Waals surface area contributed by atoms with E-state index in [1.165, 1.54) is 11.1 Å². The molecule has 7 heteroatoms. The zero-order chi connectivity index (χ0) is 38.6. The number of carbonyl (C=O) groups excluding carboxylic acids is 2. The van der Waals surface area contributed by atoms with Gasteiger partial charge < -0.3 is 19.3 Å². The fraction of sp³-hybridized carbons (Fsp3) is 0.689. The van der Waals surface area contributed by atoms with Crippen LogP contribution in [-0.4, -0.2) is 36.0 Å². The number of halogens is 1. The Morgan fingerprint density at radius 2 is 1.65 bits per heavy atom. The highest BCUT2D eigenvalue weighted by Crippen LogP contribution is 2.76. The van der Waals surface area contributed by atoms with Crippen molar-refractivity contribution in [3.63, 3.8) is 0 Å². The maximum Gasteiger partial charge on any atom is 0.336 e. The number of rotatable bonds is 9. The van der Waals surface area contributed by atoms with Crippen molar-refractivity contribution >= 4 is 23.5 Å². The van der Waals surface area contributed by atoms with Crippen molar-refractivity contribution in [1.82, 2.24) is 0 Å². The summed E-state index contributed by atoms with van der Waals surface area (Å²) in [5.41, 5.74) is 2.65. The molecule has 1 aromatic rings. The van der Waals surface area contributed by atoms with Gasteiger partial charge >= 0.3 is 11.9 Å². The molecule has 5 rings (SSSR count). The Bertz CT molecular complexity index is 1600. The lowest BCUT2D eigenvalue weighted by atomic mass is 9.34. The first-order valence-electron chi connectivity index (χ1n) is 19.6. The molecule has 1 N–H and O–H groups in total. The van der Waals surface area contributed by atoms with Crippen molar-refractivity contribution < 1.29 is 28.9 Å². The van der Waals surface area contributed by atoms with E-state index in [1.54, 1.807) is 20.8 Å². The Labute approximate surface area is 318 Å². The van der Waals surface area contributed by atoms with E-state index in [1.807, 2.05) is 19.1 Å². The van der Waals surface area contributed by atoms with E-state index in [9.17, 15) is 14.7 Å². The van der Waals surface area contributed by atoms with Gasteiger partial charge in [0.2, 0.25) is 6.79 Å². The Kier molecular flexibility index (Phi) is 11.4. The van der Waals surface area contributed by atoms with Gasteiger partial charge in [0.1, 0.15) is 6.10 Å². The molecule has 10 atom stereocenters. The van der Waals surface area contributed by atoms with Gasteiger partial charge in [0.05, 0.1) is 17.3 Å². The molecule has 0 aliphatic heterocycles. The maximum atomic E-state index is 14.1. The minimum absolute atomic E-state index is 0.0545. The average Bonchev–Trinajstić information content (AvgIpc) is 3.31. The number of hydrogen-bond acceptors (Lipinski definition) is 6. The van der Waals surface area contributed by atoms with Gasteiger partial charge in [0, 0.05) is 10.6 Å². The van der Waals surface area contributed by atoms with Crippen molar-refractivity contribution in [2.24, 2.45) is 45.3 Å². The molecule has 4 aliphatic carbocycles. The van der Waals surface area contributed by atoms with Gasteiger partial charge in [-0.05, 0) is 162 Å². The van der Waals surface area contributed by atoms with E-state index in [-0.39, 0.29) is 39.6 Å². The van der Waals surface area contributed by atoms with E-state index in [4.69, 9.17) is 25.8 Å². The zero-order valence-electron chi connectivity index (χ0n) is 33.8. The molecule has 1 aromatic carbocycles. The number of carbonyl (C=O) groups is 2. The Balaban J connectivity index is 1.58. The van der Waals surface area contributed by atoms with Crippen LogP contribution in [0.15, 0.2) is 59.4 Å². The maximum absolute atomic E-state index is 14.1. The van der Waals surface area contributed by atoms with Crippen LogP contribution in [0.4, 0.5) is 0 Å². The number of esters is 2. The molecule has 52 heavy (non-hydrogen) atoms. The van der Waals surface area contributed by atoms with Gasteiger partial charge in [-0.1, -0.05) is 76.6 Å². The molecule has 4 fully saturated rings. The quantitative estimate of drug-likeness (QED) is 0.0893. The lowest BCUT2D eigenvalue weighted by Crippen LogP contribution is -2.67. The topological polar surface area (TPSA) is 82.1 Å². The second-order valence-corrected chi connectivity index (χ2v) is 19.4. The lowest BCUT2D eigenvalue weighted by Gasteiger charge is -2.71. The Hall–Kier alpha value is -2.57. The second kappa shape index (κ2) is 14.6.